The highest BCUT2D eigenvalue weighted by Gasteiger charge is 2.04. The third-order valence-corrected chi connectivity index (χ3v) is 3.42. The lowest BCUT2D eigenvalue weighted by atomic mass is 10.1. The highest BCUT2D eigenvalue weighted by molar-refractivity contribution is 14.0. The smallest absolute Gasteiger partial charge is 0.188 e. The van der Waals surface area contributed by atoms with E-state index in [2.05, 4.69) is 29.1 Å². The van der Waals surface area contributed by atoms with Crippen molar-refractivity contribution >= 4 is 40.8 Å². The van der Waals surface area contributed by atoms with Crippen molar-refractivity contribution in [3.8, 4) is 0 Å². The SMILES string of the molecule is CC(C)CCN=C(N)NCCc1c[nH]c2cc(F)ccc12.I. The minimum absolute atomic E-state index is 0. The molecule has 4 N–H and O–H groups in total. The van der Waals surface area contributed by atoms with Crippen LogP contribution in [0.15, 0.2) is 29.4 Å². The summed E-state index contributed by atoms with van der Waals surface area (Å²) >= 11 is 0. The van der Waals surface area contributed by atoms with Crippen molar-refractivity contribution in [1.82, 2.24) is 10.3 Å². The summed E-state index contributed by atoms with van der Waals surface area (Å²) in [6.07, 6.45) is 3.76. The van der Waals surface area contributed by atoms with Crippen molar-refractivity contribution in [2.75, 3.05) is 13.1 Å². The fourth-order valence-corrected chi connectivity index (χ4v) is 2.19. The highest BCUT2D eigenvalue weighted by Crippen LogP contribution is 2.19. The second kappa shape index (κ2) is 8.97. The third-order valence-electron chi connectivity index (χ3n) is 3.42. The van der Waals surface area contributed by atoms with Gasteiger partial charge in [-0.3, -0.25) is 4.99 Å². The van der Waals surface area contributed by atoms with Crippen molar-refractivity contribution in [1.29, 1.82) is 0 Å². The van der Waals surface area contributed by atoms with Gasteiger partial charge in [0.05, 0.1) is 0 Å². The van der Waals surface area contributed by atoms with E-state index in [0.717, 1.165) is 35.9 Å². The zero-order valence-electron chi connectivity index (χ0n) is 13.0. The Bertz CT molecular complexity index is 622. The van der Waals surface area contributed by atoms with Crippen LogP contribution in [0.4, 0.5) is 4.39 Å². The summed E-state index contributed by atoms with van der Waals surface area (Å²) in [4.78, 5) is 7.37. The van der Waals surface area contributed by atoms with Crippen molar-refractivity contribution in [3.05, 3.63) is 35.8 Å². The lowest BCUT2D eigenvalue weighted by Crippen LogP contribution is -2.33. The first kappa shape index (κ1) is 18.7. The van der Waals surface area contributed by atoms with E-state index >= 15 is 0 Å². The Morgan fingerprint density at radius 2 is 2.18 bits per heavy atom. The number of nitrogens with one attached hydrogen (secondary N) is 2. The van der Waals surface area contributed by atoms with Crippen LogP contribution in [0.1, 0.15) is 25.8 Å². The fraction of sp³-hybridized carbons (Fsp3) is 0.438. The predicted molar refractivity (Wildman–Crippen MR) is 101 cm³/mol. The third kappa shape index (κ3) is 5.47. The maximum atomic E-state index is 13.1. The first-order chi connectivity index (χ1) is 10.1. The maximum Gasteiger partial charge on any atom is 0.188 e. The fourth-order valence-electron chi connectivity index (χ4n) is 2.19. The van der Waals surface area contributed by atoms with Gasteiger partial charge in [0, 0.05) is 30.2 Å². The van der Waals surface area contributed by atoms with Crippen LogP contribution in [0.5, 0.6) is 0 Å². The largest absolute Gasteiger partial charge is 0.370 e. The van der Waals surface area contributed by atoms with Crippen LogP contribution in [0.25, 0.3) is 10.9 Å². The molecule has 0 bridgehead atoms. The van der Waals surface area contributed by atoms with E-state index in [4.69, 9.17) is 5.73 Å². The number of hydrogen-bond donors (Lipinski definition) is 3. The normalized spacial score (nSPS) is 11.7. The Hall–Kier alpha value is -1.31. The molecule has 0 amide bonds. The van der Waals surface area contributed by atoms with Gasteiger partial charge in [-0.25, -0.2) is 4.39 Å². The average Bonchev–Trinajstić information content (AvgIpc) is 2.80. The number of nitrogens with zero attached hydrogens (tertiary/aromatic N) is 1. The van der Waals surface area contributed by atoms with Crippen LogP contribution in [0.2, 0.25) is 0 Å². The summed E-state index contributed by atoms with van der Waals surface area (Å²) < 4.78 is 13.1. The van der Waals surface area contributed by atoms with Gasteiger partial charge < -0.3 is 16.0 Å². The maximum absolute atomic E-state index is 13.1. The monoisotopic (exact) mass is 418 g/mol. The zero-order valence-corrected chi connectivity index (χ0v) is 15.4. The molecular weight excluding hydrogens is 394 g/mol. The zero-order chi connectivity index (χ0) is 15.2. The van der Waals surface area contributed by atoms with Crippen LogP contribution in [-0.4, -0.2) is 24.0 Å². The Kier molecular flexibility index (Phi) is 7.64. The van der Waals surface area contributed by atoms with E-state index in [1.54, 1.807) is 6.07 Å². The number of benzene rings is 1. The molecule has 0 saturated carbocycles. The van der Waals surface area contributed by atoms with E-state index in [-0.39, 0.29) is 29.8 Å². The van der Waals surface area contributed by atoms with Gasteiger partial charge >= 0.3 is 0 Å². The molecule has 0 unspecified atom stereocenters. The molecule has 0 spiro atoms. The number of guanidine groups is 1. The van der Waals surface area contributed by atoms with Crippen LogP contribution >= 0.6 is 24.0 Å². The molecule has 1 heterocycles. The van der Waals surface area contributed by atoms with Gasteiger partial charge in [-0.1, -0.05) is 13.8 Å². The van der Waals surface area contributed by atoms with E-state index < -0.39 is 0 Å². The van der Waals surface area contributed by atoms with Gasteiger partial charge in [0.1, 0.15) is 5.82 Å². The van der Waals surface area contributed by atoms with Gasteiger partial charge in [-0.2, -0.15) is 0 Å². The number of aromatic amines is 1. The van der Waals surface area contributed by atoms with Crippen molar-refractivity contribution in [2.24, 2.45) is 16.6 Å². The first-order valence-electron chi connectivity index (χ1n) is 7.35. The number of hydrogen-bond acceptors (Lipinski definition) is 1. The van der Waals surface area contributed by atoms with Crippen LogP contribution in [0.3, 0.4) is 0 Å². The van der Waals surface area contributed by atoms with Gasteiger partial charge in [0.25, 0.3) is 0 Å². The molecule has 22 heavy (non-hydrogen) atoms. The Balaban J connectivity index is 0.00000242. The molecule has 122 valence electrons. The van der Waals surface area contributed by atoms with Crippen molar-refractivity contribution < 1.29 is 4.39 Å². The average molecular weight is 418 g/mol. The second-order valence-electron chi connectivity index (χ2n) is 5.63. The summed E-state index contributed by atoms with van der Waals surface area (Å²) in [5.41, 5.74) is 7.78. The molecule has 0 aliphatic carbocycles. The summed E-state index contributed by atoms with van der Waals surface area (Å²) in [7, 11) is 0. The first-order valence-corrected chi connectivity index (χ1v) is 7.35. The topological polar surface area (TPSA) is 66.2 Å². The Labute approximate surface area is 147 Å². The Morgan fingerprint density at radius 3 is 2.91 bits per heavy atom. The molecular formula is C16H24FIN4. The minimum atomic E-state index is -0.226. The summed E-state index contributed by atoms with van der Waals surface area (Å²) in [5.74, 6) is 0.894. The molecule has 0 saturated heterocycles. The standard InChI is InChI=1S/C16H23FN4.HI/c1-11(2)5-7-19-16(18)20-8-6-12-10-21-15-9-13(17)3-4-14(12)15;/h3-4,9-11,21H,5-8H2,1-2H3,(H3,18,19,20);1H. The number of H-pyrrole nitrogens is 1. The molecule has 2 rings (SSSR count). The lowest BCUT2D eigenvalue weighted by molar-refractivity contribution is 0.595. The highest BCUT2D eigenvalue weighted by atomic mass is 127. The lowest BCUT2D eigenvalue weighted by Gasteiger charge is -2.06. The number of aromatic nitrogens is 1. The predicted octanol–water partition coefficient (Wildman–Crippen LogP) is 3.42. The minimum Gasteiger partial charge on any atom is -0.370 e. The van der Waals surface area contributed by atoms with Crippen LogP contribution < -0.4 is 11.1 Å². The molecule has 6 heteroatoms. The number of halogens is 2. The molecule has 0 radical (unpaired) electrons. The van der Waals surface area contributed by atoms with Crippen molar-refractivity contribution in [2.45, 2.75) is 26.7 Å². The molecule has 0 atom stereocenters. The quantitative estimate of drug-likeness (QED) is 0.383. The number of fused-ring (bicyclic) bond motifs is 1. The molecule has 2 aromatic rings. The molecule has 0 aliphatic rings. The Morgan fingerprint density at radius 1 is 1.41 bits per heavy atom. The molecule has 1 aromatic heterocycles. The van der Waals surface area contributed by atoms with Crippen molar-refractivity contribution in [3.63, 3.8) is 0 Å². The van der Waals surface area contributed by atoms with Crippen LogP contribution in [0, 0.1) is 11.7 Å². The van der Waals surface area contributed by atoms with E-state index in [1.165, 1.54) is 12.1 Å². The van der Waals surface area contributed by atoms with Gasteiger partial charge in [-0.05, 0) is 42.5 Å². The summed E-state index contributed by atoms with van der Waals surface area (Å²) in [5, 5.41) is 4.16. The van der Waals surface area contributed by atoms with Gasteiger partial charge in [0.15, 0.2) is 5.96 Å². The van der Waals surface area contributed by atoms with Gasteiger partial charge in [0.2, 0.25) is 0 Å². The number of rotatable bonds is 6. The molecule has 4 nitrogen and oxygen atoms in total. The van der Waals surface area contributed by atoms with Gasteiger partial charge in [-0.15, -0.1) is 24.0 Å². The summed E-state index contributed by atoms with van der Waals surface area (Å²) in [6.45, 7) is 5.79. The number of aliphatic imine (C=N–C) groups is 1. The van der Waals surface area contributed by atoms with E-state index in [1.807, 2.05) is 6.20 Å². The summed E-state index contributed by atoms with van der Waals surface area (Å²) in [6, 6.07) is 4.79. The van der Waals surface area contributed by atoms with Crippen LogP contribution in [-0.2, 0) is 6.42 Å². The molecule has 1 aromatic carbocycles. The molecule has 0 aliphatic heterocycles. The number of nitrogens with two attached hydrogens (primary N) is 1. The second-order valence-corrected chi connectivity index (χ2v) is 5.63. The van der Waals surface area contributed by atoms with E-state index in [9.17, 15) is 4.39 Å². The molecule has 0 fully saturated rings. The van der Waals surface area contributed by atoms with E-state index in [0.29, 0.717) is 18.4 Å².